The molecule has 3 aromatic rings. The van der Waals surface area contributed by atoms with Crippen LogP contribution in [0.5, 0.6) is 0 Å². The van der Waals surface area contributed by atoms with Gasteiger partial charge in [-0.15, -0.1) is 10.2 Å². The highest BCUT2D eigenvalue weighted by Crippen LogP contribution is 2.24. The number of hydrogen-bond donors (Lipinski definition) is 0. The monoisotopic (exact) mass is 275 g/mol. The van der Waals surface area contributed by atoms with Crippen molar-refractivity contribution in [1.29, 1.82) is 0 Å². The van der Waals surface area contributed by atoms with Crippen molar-refractivity contribution >= 4 is 11.8 Å². The van der Waals surface area contributed by atoms with E-state index in [0.29, 0.717) is 28.6 Å². The molecule has 0 amide bonds. The summed E-state index contributed by atoms with van der Waals surface area (Å²) in [5.74, 6) is 2.11. The Labute approximate surface area is 112 Å². The summed E-state index contributed by atoms with van der Waals surface area (Å²) in [6.07, 6.45) is 3.35. The first kappa shape index (κ1) is 11.8. The molecule has 0 saturated carbocycles. The van der Waals surface area contributed by atoms with Gasteiger partial charge in [0.25, 0.3) is 5.22 Å². The normalized spacial score (nSPS) is 10.8. The van der Waals surface area contributed by atoms with Crippen LogP contribution in [0.25, 0.3) is 11.5 Å². The van der Waals surface area contributed by atoms with E-state index in [4.69, 9.17) is 8.94 Å². The number of nitrogens with zero attached hydrogens (tertiary/aromatic N) is 5. The summed E-state index contributed by atoms with van der Waals surface area (Å²) < 4.78 is 10.5. The predicted octanol–water partition coefficient (Wildman–Crippen LogP) is 2.12. The molecule has 0 aliphatic rings. The van der Waals surface area contributed by atoms with Gasteiger partial charge in [0.2, 0.25) is 11.8 Å². The van der Waals surface area contributed by atoms with Gasteiger partial charge >= 0.3 is 0 Å². The van der Waals surface area contributed by atoms with Gasteiger partial charge in [0.15, 0.2) is 5.82 Å². The topological polar surface area (TPSA) is 90.7 Å². The summed E-state index contributed by atoms with van der Waals surface area (Å²) >= 11 is 1.35. The fraction of sp³-hybridized carbons (Fsp3) is 0.182. The van der Waals surface area contributed by atoms with Gasteiger partial charge in [0.1, 0.15) is 0 Å². The lowest BCUT2D eigenvalue weighted by Crippen LogP contribution is -1.80. The molecule has 3 heterocycles. The van der Waals surface area contributed by atoms with E-state index < -0.39 is 0 Å². The van der Waals surface area contributed by atoms with Crippen LogP contribution in [0.3, 0.4) is 0 Å². The molecule has 0 aliphatic carbocycles. The number of hydrogen-bond acceptors (Lipinski definition) is 8. The van der Waals surface area contributed by atoms with Crippen LogP contribution in [0.15, 0.2) is 38.7 Å². The average molecular weight is 275 g/mol. The van der Waals surface area contributed by atoms with Crippen molar-refractivity contribution in [2.24, 2.45) is 0 Å². The minimum Gasteiger partial charge on any atom is -0.411 e. The summed E-state index contributed by atoms with van der Waals surface area (Å²) in [5, 5.41) is 12.1. The molecule has 96 valence electrons. The number of aryl methyl sites for hydroxylation is 1. The third-order valence-electron chi connectivity index (χ3n) is 2.22. The molecule has 0 N–H and O–H groups in total. The zero-order valence-corrected chi connectivity index (χ0v) is 10.8. The average Bonchev–Trinajstić information content (AvgIpc) is 3.06. The summed E-state index contributed by atoms with van der Waals surface area (Å²) in [4.78, 5) is 8.03. The Balaban J connectivity index is 1.68. The second-order valence-corrected chi connectivity index (χ2v) is 4.56. The molecule has 0 saturated heterocycles. The first-order valence-electron chi connectivity index (χ1n) is 5.47. The smallest absolute Gasteiger partial charge is 0.277 e. The standard InChI is InChI=1S/C11H9N5O2S/c1-7-13-9(18-16-7)6-19-11-15-14-10(17-11)8-2-4-12-5-3-8/h2-5H,6H2,1H3. The molecular weight excluding hydrogens is 266 g/mol. The van der Waals surface area contributed by atoms with Crippen LogP contribution in [0.2, 0.25) is 0 Å². The Bertz CT molecular complexity index is 667. The third kappa shape index (κ3) is 2.79. The highest BCUT2D eigenvalue weighted by Gasteiger charge is 2.11. The molecule has 0 spiro atoms. The van der Waals surface area contributed by atoms with E-state index in [1.165, 1.54) is 11.8 Å². The highest BCUT2D eigenvalue weighted by atomic mass is 32.2. The Morgan fingerprint density at radius 3 is 2.79 bits per heavy atom. The van der Waals surface area contributed by atoms with E-state index in [9.17, 15) is 0 Å². The molecule has 0 radical (unpaired) electrons. The Morgan fingerprint density at radius 2 is 2.05 bits per heavy atom. The van der Waals surface area contributed by atoms with Crippen molar-refractivity contribution < 1.29 is 8.94 Å². The lowest BCUT2D eigenvalue weighted by molar-refractivity contribution is 0.386. The molecule has 0 aromatic carbocycles. The molecule has 0 bridgehead atoms. The highest BCUT2D eigenvalue weighted by molar-refractivity contribution is 7.98. The van der Waals surface area contributed by atoms with Crippen LogP contribution in [-0.2, 0) is 5.75 Å². The largest absolute Gasteiger partial charge is 0.411 e. The van der Waals surface area contributed by atoms with Crippen molar-refractivity contribution in [2.45, 2.75) is 17.9 Å². The maximum atomic E-state index is 5.52. The van der Waals surface area contributed by atoms with E-state index >= 15 is 0 Å². The second kappa shape index (κ2) is 5.19. The number of aromatic nitrogens is 5. The molecule has 19 heavy (non-hydrogen) atoms. The molecule has 0 fully saturated rings. The first-order valence-corrected chi connectivity index (χ1v) is 6.46. The van der Waals surface area contributed by atoms with Gasteiger partial charge in [0.05, 0.1) is 5.75 Å². The van der Waals surface area contributed by atoms with Crippen molar-refractivity contribution in [3.63, 3.8) is 0 Å². The molecule has 3 aromatic heterocycles. The Kier molecular flexibility index (Phi) is 3.23. The molecule has 0 atom stereocenters. The summed E-state index contributed by atoms with van der Waals surface area (Å²) in [6.45, 7) is 1.77. The lowest BCUT2D eigenvalue weighted by Gasteiger charge is -1.92. The third-order valence-corrected chi connectivity index (χ3v) is 3.03. The number of thioether (sulfide) groups is 1. The van der Waals surface area contributed by atoms with Crippen LogP contribution in [0.4, 0.5) is 0 Å². The maximum Gasteiger partial charge on any atom is 0.277 e. The Morgan fingerprint density at radius 1 is 1.21 bits per heavy atom. The minimum absolute atomic E-state index is 0.461. The molecule has 0 aliphatic heterocycles. The van der Waals surface area contributed by atoms with E-state index in [1.807, 2.05) is 12.1 Å². The molecule has 7 nitrogen and oxygen atoms in total. The van der Waals surface area contributed by atoms with Crippen molar-refractivity contribution in [3.05, 3.63) is 36.2 Å². The van der Waals surface area contributed by atoms with Crippen LogP contribution >= 0.6 is 11.8 Å². The van der Waals surface area contributed by atoms with E-state index in [1.54, 1.807) is 19.3 Å². The van der Waals surface area contributed by atoms with E-state index in [-0.39, 0.29) is 0 Å². The van der Waals surface area contributed by atoms with Crippen molar-refractivity contribution in [2.75, 3.05) is 0 Å². The van der Waals surface area contributed by atoms with Crippen LogP contribution in [0.1, 0.15) is 11.7 Å². The zero-order chi connectivity index (χ0) is 13.1. The maximum absolute atomic E-state index is 5.52. The minimum atomic E-state index is 0.461. The van der Waals surface area contributed by atoms with Gasteiger partial charge in [-0.2, -0.15) is 4.98 Å². The summed E-state index contributed by atoms with van der Waals surface area (Å²) in [5.41, 5.74) is 0.836. The van der Waals surface area contributed by atoms with Crippen LogP contribution in [0, 0.1) is 6.92 Å². The Hall–Kier alpha value is -2.22. The van der Waals surface area contributed by atoms with E-state index in [0.717, 1.165) is 5.56 Å². The van der Waals surface area contributed by atoms with Gasteiger partial charge in [-0.25, -0.2) is 0 Å². The van der Waals surface area contributed by atoms with Gasteiger partial charge in [-0.3, -0.25) is 4.98 Å². The van der Waals surface area contributed by atoms with Crippen LogP contribution in [-0.4, -0.2) is 25.3 Å². The zero-order valence-electron chi connectivity index (χ0n) is 9.98. The first-order chi connectivity index (χ1) is 9.31. The predicted molar refractivity (Wildman–Crippen MR) is 66.1 cm³/mol. The fourth-order valence-corrected chi connectivity index (χ4v) is 2.00. The van der Waals surface area contributed by atoms with Gasteiger partial charge in [-0.1, -0.05) is 16.9 Å². The fourth-order valence-electron chi connectivity index (χ4n) is 1.40. The number of rotatable bonds is 4. The second-order valence-electron chi connectivity index (χ2n) is 3.63. The molecule has 8 heteroatoms. The van der Waals surface area contributed by atoms with Crippen molar-refractivity contribution in [3.8, 4) is 11.5 Å². The van der Waals surface area contributed by atoms with Gasteiger partial charge in [-0.05, 0) is 19.1 Å². The van der Waals surface area contributed by atoms with E-state index in [2.05, 4.69) is 25.3 Å². The van der Waals surface area contributed by atoms with Crippen LogP contribution < -0.4 is 0 Å². The van der Waals surface area contributed by atoms with Gasteiger partial charge in [0, 0.05) is 18.0 Å². The quantitative estimate of drug-likeness (QED) is 0.669. The van der Waals surface area contributed by atoms with Crippen molar-refractivity contribution in [1.82, 2.24) is 25.3 Å². The summed E-state index contributed by atoms with van der Waals surface area (Å²) in [7, 11) is 0. The number of pyridine rings is 1. The SMILES string of the molecule is Cc1noc(CSc2nnc(-c3ccncc3)o2)n1. The molecule has 0 unspecified atom stereocenters. The van der Waals surface area contributed by atoms with Gasteiger partial charge < -0.3 is 8.94 Å². The lowest BCUT2D eigenvalue weighted by atomic mass is 10.3. The molecule has 3 rings (SSSR count). The summed E-state index contributed by atoms with van der Waals surface area (Å²) in [6, 6.07) is 3.62. The molecular formula is C11H9N5O2S.